The predicted octanol–water partition coefficient (Wildman–Crippen LogP) is 2.27. The molecule has 0 aliphatic rings. The summed E-state index contributed by atoms with van der Waals surface area (Å²) in [6.45, 7) is 0.165. The van der Waals surface area contributed by atoms with Crippen molar-refractivity contribution in [3.05, 3.63) is 53.5 Å². The van der Waals surface area contributed by atoms with Gasteiger partial charge in [0.1, 0.15) is 17.4 Å². The summed E-state index contributed by atoms with van der Waals surface area (Å²) < 4.78 is 31.1. The SMILES string of the molecule is NCc1ccc(C(=O)Nc2ccc(F)cc2F)o1. The van der Waals surface area contributed by atoms with Gasteiger partial charge >= 0.3 is 0 Å². The van der Waals surface area contributed by atoms with Gasteiger partial charge in [0.25, 0.3) is 5.91 Å². The van der Waals surface area contributed by atoms with Gasteiger partial charge in [0, 0.05) is 6.07 Å². The Labute approximate surface area is 101 Å². The van der Waals surface area contributed by atoms with E-state index >= 15 is 0 Å². The van der Waals surface area contributed by atoms with Gasteiger partial charge in [0.2, 0.25) is 0 Å². The molecule has 4 nitrogen and oxygen atoms in total. The Morgan fingerprint density at radius 2 is 2.06 bits per heavy atom. The zero-order valence-electron chi connectivity index (χ0n) is 9.24. The minimum atomic E-state index is -0.853. The van der Waals surface area contributed by atoms with E-state index in [1.807, 2.05) is 0 Å². The molecule has 0 unspecified atom stereocenters. The fourth-order valence-corrected chi connectivity index (χ4v) is 1.38. The van der Waals surface area contributed by atoms with E-state index in [9.17, 15) is 13.6 Å². The van der Waals surface area contributed by atoms with E-state index < -0.39 is 17.5 Å². The van der Waals surface area contributed by atoms with Gasteiger partial charge in [0.05, 0.1) is 12.2 Å². The molecule has 1 aromatic heterocycles. The van der Waals surface area contributed by atoms with Crippen molar-refractivity contribution in [3.63, 3.8) is 0 Å². The largest absolute Gasteiger partial charge is 0.455 e. The second-order valence-electron chi connectivity index (χ2n) is 3.55. The lowest BCUT2D eigenvalue weighted by Crippen LogP contribution is -2.12. The Balaban J connectivity index is 2.16. The number of rotatable bonds is 3. The molecular formula is C12H10F2N2O2. The first-order valence-electron chi connectivity index (χ1n) is 5.15. The van der Waals surface area contributed by atoms with Crippen molar-refractivity contribution >= 4 is 11.6 Å². The maximum atomic E-state index is 13.3. The van der Waals surface area contributed by atoms with Crippen molar-refractivity contribution in [2.45, 2.75) is 6.54 Å². The van der Waals surface area contributed by atoms with Gasteiger partial charge in [0.15, 0.2) is 5.76 Å². The number of anilines is 1. The Kier molecular flexibility index (Phi) is 3.38. The van der Waals surface area contributed by atoms with Crippen LogP contribution in [-0.2, 0) is 6.54 Å². The van der Waals surface area contributed by atoms with Crippen LogP contribution in [0.2, 0.25) is 0 Å². The molecule has 0 saturated heterocycles. The molecular weight excluding hydrogens is 242 g/mol. The molecule has 0 saturated carbocycles. The maximum Gasteiger partial charge on any atom is 0.291 e. The summed E-state index contributed by atoms with van der Waals surface area (Å²) in [5.41, 5.74) is 5.21. The summed E-state index contributed by atoms with van der Waals surface area (Å²) in [4.78, 5) is 11.7. The minimum absolute atomic E-state index is 0.0131. The van der Waals surface area contributed by atoms with Crippen molar-refractivity contribution in [1.82, 2.24) is 0 Å². The third kappa shape index (κ3) is 2.54. The maximum absolute atomic E-state index is 13.3. The van der Waals surface area contributed by atoms with Crippen molar-refractivity contribution in [1.29, 1.82) is 0 Å². The summed E-state index contributed by atoms with van der Waals surface area (Å²) >= 11 is 0. The van der Waals surface area contributed by atoms with Gasteiger partial charge in [-0.05, 0) is 24.3 Å². The molecule has 0 bridgehead atoms. The first-order chi connectivity index (χ1) is 8.60. The lowest BCUT2D eigenvalue weighted by molar-refractivity contribution is 0.0994. The Hall–Kier alpha value is -2.21. The fourth-order valence-electron chi connectivity index (χ4n) is 1.38. The van der Waals surface area contributed by atoms with Crippen LogP contribution in [0.3, 0.4) is 0 Å². The number of nitrogens with two attached hydrogens (primary N) is 1. The summed E-state index contributed by atoms with van der Waals surface area (Å²) in [7, 11) is 0. The summed E-state index contributed by atoms with van der Waals surface area (Å²) in [6, 6.07) is 5.85. The molecule has 0 atom stereocenters. The molecule has 1 aromatic carbocycles. The summed E-state index contributed by atoms with van der Waals surface area (Å²) in [5.74, 6) is -1.73. The smallest absolute Gasteiger partial charge is 0.291 e. The van der Waals surface area contributed by atoms with Gasteiger partial charge in [-0.3, -0.25) is 4.79 Å². The van der Waals surface area contributed by atoms with Gasteiger partial charge in [-0.1, -0.05) is 0 Å². The molecule has 6 heteroatoms. The average Bonchev–Trinajstić information content (AvgIpc) is 2.81. The lowest BCUT2D eigenvalue weighted by Gasteiger charge is -2.04. The van der Waals surface area contributed by atoms with E-state index in [4.69, 9.17) is 10.2 Å². The molecule has 94 valence electrons. The number of carbonyl (C=O) groups excluding carboxylic acids is 1. The molecule has 3 N–H and O–H groups in total. The van der Waals surface area contributed by atoms with Crippen LogP contribution in [0, 0.1) is 11.6 Å². The normalized spacial score (nSPS) is 10.4. The van der Waals surface area contributed by atoms with Gasteiger partial charge < -0.3 is 15.5 Å². The predicted molar refractivity (Wildman–Crippen MR) is 60.9 cm³/mol. The van der Waals surface area contributed by atoms with Gasteiger partial charge in [-0.2, -0.15) is 0 Å². The van der Waals surface area contributed by atoms with Crippen LogP contribution in [0.5, 0.6) is 0 Å². The number of furan rings is 1. The third-order valence-electron chi connectivity index (χ3n) is 2.27. The van der Waals surface area contributed by atoms with Crippen LogP contribution >= 0.6 is 0 Å². The standard InChI is InChI=1S/C12H10F2N2O2/c13-7-1-3-10(9(14)5-7)16-12(17)11-4-2-8(6-15)18-11/h1-5H,6,15H2,(H,16,17). The van der Waals surface area contributed by atoms with Crippen LogP contribution in [0.1, 0.15) is 16.3 Å². The number of nitrogens with one attached hydrogen (secondary N) is 1. The van der Waals surface area contributed by atoms with Crippen molar-refractivity contribution in [2.24, 2.45) is 5.73 Å². The lowest BCUT2D eigenvalue weighted by atomic mass is 10.3. The molecule has 1 amide bonds. The van der Waals surface area contributed by atoms with E-state index in [2.05, 4.69) is 5.32 Å². The fraction of sp³-hybridized carbons (Fsp3) is 0.0833. The van der Waals surface area contributed by atoms with Crippen molar-refractivity contribution in [3.8, 4) is 0 Å². The van der Waals surface area contributed by atoms with E-state index in [-0.39, 0.29) is 18.0 Å². The van der Waals surface area contributed by atoms with Gasteiger partial charge in [-0.15, -0.1) is 0 Å². The number of amides is 1. The van der Waals surface area contributed by atoms with Crippen LogP contribution in [0.25, 0.3) is 0 Å². The third-order valence-corrected chi connectivity index (χ3v) is 2.27. The highest BCUT2D eigenvalue weighted by atomic mass is 19.1. The Morgan fingerprint density at radius 3 is 2.67 bits per heavy atom. The molecule has 2 aromatic rings. The molecule has 2 rings (SSSR count). The first kappa shape index (κ1) is 12.3. The topological polar surface area (TPSA) is 68.3 Å². The highest BCUT2D eigenvalue weighted by molar-refractivity contribution is 6.02. The van der Waals surface area contributed by atoms with Crippen LogP contribution < -0.4 is 11.1 Å². The number of hydrogen-bond donors (Lipinski definition) is 2. The van der Waals surface area contributed by atoms with E-state index in [0.717, 1.165) is 12.1 Å². The van der Waals surface area contributed by atoms with Crippen LogP contribution in [0.15, 0.2) is 34.7 Å². The average molecular weight is 252 g/mol. The van der Waals surface area contributed by atoms with Gasteiger partial charge in [-0.25, -0.2) is 8.78 Å². The Morgan fingerprint density at radius 1 is 1.28 bits per heavy atom. The molecule has 1 heterocycles. The highest BCUT2D eigenvalue weighted by Crippen LogP contribution is 2.16. The molecule has 0 radical (unpaired) electrons. The van der Waals surface area contributed by atoms with E-state index in [0.29, 0.717) is 11.8 Å². The second kappa shape index (κ2) is 4.97. The number of halogens is 2. The van der Waals surface area contributed by atoms with E-state index in [1.54, 1.807) is 6.07 Å². The van der Waals surface area contributed by atoms with Crippen LogP contribution in [0.4, 0.5) is 14.5 Å². The molecule has 0 aliphatic heterocycles. The van der Waals surface area contributed by atoms with Crippen molar-refractivity contribution in [2.75, 3.05) is 5.32 Å². The first-order valence-corrected chi connectivity index (χ1v) is 5.15. The number of carbonyl (C=O) groups is 1. The molecule has 0 spiro atoms. The number of benzene rings is 1. The van der Waals surface area contributed by atoms with Crippen molar-refractivity contribution < 1.29 is 18.0 Å². The van der Waals surface area contributed by atoms with Crippen LogP contribution in [-0.4, -0.2) is 5.91 Å². The zero-order valence-corrected chi connectivity index (χ0v) is 9.24. The molecule has 18 heavy (non-hydrogen) atoms. The summed E-state index contributed by atoms with van der Waals surface area (Å²) in [6.07, 6.45) is 0. The molecule has 0 fully saturated rings. The second-order valence-corrected chi connectivity index (χ2v) is 3.55. The number of hydrogen-bond acceptors (Lipinski definition) is 3. The van der Waals surface area contributed by atoms with E-state index in [1.165, 1.54) is 6.07 Å². The zero-order chi connectivity index (χ0) is 13.1. The Bertz CT molecular complexity index is 581. The quantitative estimate of drug-likeness (QED) is 0.880. The minimum Gasteiger partial charge on any atom is -0.455 e. The monoisotopic (exact) mass is 252 g/mol. The molecule has 0 aliphatic carbocycles. The summed E-state index contributed by atoms with van der Waals surface area (Å²) in [5, 5.41) is 2.28. The highest BCUT2D eigenvalue weighted by Gasteiger charge is 2.13.